The summed E-state index contributed by atoms with van der Waals surface area (Å²) in [6, 6.07) is 9.30. The molecule has 11 heteroatoms. The maximum absolute atomic E-state index is 10.5. The lowest BCUT2D eigenvalue weighted by molar-refractivity contribution is -0.119. The minimum Gasteiger partial charge on any atom is -0.507 e. The van der Waals surface area contributed by atoms with Gasteiger partial charge in [-0.2, -0.15) is 5.10 Å². The molecule has 0 aliphatic carbocycles. The summed E-state index contributed by atoms with van der Waals surface area (Å²) in [5.41, 5.74) is 4.90. The number of nitrogens with one attached hydrogen (secondary N) is 2. The summed E-state index contributed by atoms with van der Waals surface area (Å²) >= 11 is 0. The molecule has 31 heavy (non-hydrogen) atoms. The molecule has 2 aromatic carbocycles. The molecule has 168 valence electrons. The molecule has 2 aromatic rings. The largest absolute Gasteiger partial charge is 0.507 e. The molecule has 0 unspecified atom stereocenters. The van der Waals surface area contributed by atoms with E-state index in [2.05, 4.69) is 16.4 Å². The van der Waals surface area contributed by atoms with Crippen molar-refractivity contribution in [3.63, 3.8) is 0 Å². The van der Waals surface area contributed by atoms with Crippen LogP contribution < -0.4 is 26.2 Å². The van der Waals surface area contributed by atoms with Gasteiger partial charge in [0, 0.05) is 31.5 Å². The average molecular weight is 434 g/mol. The number of aromatic hydroxyl groups is 2. The molecule has 0 saturated heterocycles. The number of amides is 2. The fourth-order valence-corrected chi connectivity index (χ4v) is 1.70. The van der Waals surface area contributed by atoms with Crippen LogP contribution in [0.4, 0.5) is 0 Å². The second-order valence-corrected chi connectivity index (χ2v) is 5.59. The summed E-state index contributed by atoms with van der Waals surface area (Å²) in [7, 11) is 3.01. The van der Waals surface area contributed by atoms with Crippen molar-refractivity contribution >= 4 is 24.3 Å². The number of hydrogen-bond donors (Lipinski definition) is 5. The SMILES string of the molecule is CC(=O)NN.COc1ccc(/C=N/NC(C)=O)c(O)c1.COc1ccc(C=O)c(O)c1. The van der Waals surface area contributed by atoms with E-state index >= 15 is 0 Å². The van der Waals surface area contributed by atoms with Gasteiger partial charge in [0.25, 0.3) is 0 Å². The van der Waals surface area contributed by atoms with Gasteiger partial charge in [-0.25, -0.2) is 11.3 Å². The van der Waals surface area contributed by atoms with Gasteiger partial charge in [-0.1, -0.05) is 0 Å². The lowest BCUT2D eigenvalue weighted by Gasteiger charge is -2.02. The number of hydrazone groups is 1. The number of nitrogens with zero attached hydrogens (tertiary/aromatic N) is 1. The second kappa shape index (κ2) is 14.8. The monoisotopic (exact) mass is 434 g/mol. The van der Waals surface area contributed by atoms with E-state index in [-0.39, 0.29) is 28.9 Å². The molecule has 11 nitrogen and oxygen atoms in total. The molecule has 0 atom stereocenters. The van der Waals surface area contributed by atoms with Gasteiger partial charge >= 0.3 is 0 Å². The van der Waals surface area contributed by atoms with Crippen LogP contribution >= 0.6 is 0 Å². The lowest BCUT2D eigenvalue weighted by Crippen LogP contribution is -2.26. The topological polar surface area (TPSA) is 173 Å². The molecule has 0 saturated carbocycles. The standard InChI is InChI=1S/C10H12N2O3.C8H8O3.C2H6N2O/c1-7(13)12-11-6-8-3-4-9(15-2)5-10(8)14;1-11-7-3-2-6(5-9)8(10)4-7;1-2(5)4-3/h3-6,14H,1-2H3,(H,12,13);2-5,10H,1H3;3H2,1H3,(H,4,5)/b11-6+;;. The number of phenols is 2. The molecule has 0 bridgehead atoms. The maximum Gasteiger partial charge on any atom is 0.236 e. The van der Waals surface area contributed by atoms with Crippen LogP contribution in [-0.4, -0.2) is 48.7 Å². The molecule has 0 aliphatic rings. The molecule has 0 spiro atoms. The Morgan fingerprint density at radius 2 is 1.39 bits per heavy atom. The molecule has 0 fully saturated rings. The number of phenolic OH excluding ortho intramolecular Hbond substituents is 2. The van der Waals surface area contributed by atoms with Crippen LogP contribution in [0.2, 0.25) is 0 Å². The predicted molar refractivity (Wildman–Crippen MR) is 114 cm³/mol. The third-order valence-electron chi connectivity index (χ3n) is 3.23. The average Bonchev–Trinajstić information content (AvgIpc) is 2.75. The number of ether oxygens (including phenoxy) is 2. The van der Waals surface area contributed by atoms with Gasteiger partial charge in [-0.3, -0.25) is 19.8 Å². The number of rotatable bonds is 5. The van der Waals surface area contributed by atoms with E-state index in [1.54, 1.807) is 18.2 Å². The van der Waals surface area contributed by atoms with Gasteiger partial charge in [0.05, 0.1) is 26.0 Å². The summed E-state index contributed by atoms with van der Waals surface area (Å²) in [6.45, 7) is 2.70. The Labute approximate surface area is 179 Å². The van der Waals surface area contributed by atoms with Gasteiger partial charge in [0.1, 0.15) is 23.0 Å². The normalized spacial score (nSPS) is 9.32. The Bertz CT molecular complexity index is 901. The molecule has 0 radical (unpaired) electrons. The van der Waals surface area contributed by atoms with Gasteiger partial charge in [0.2, 0.25) is 11.8 Å². The molecule has 2 rings (SSSR count). The Kier molecular flexibility index (Phi) is 12.8. The Morgan fingerprint density at radius 1 is 0.935 bits per heavy atom. The van der Waals surface area contributed by atoms with Gasteiger partial charge in [-0.15, -0.1) is 0 Å². The molecule has 6 N–H and O–H groups in total. The first-order valence-electron chi connectivity index (χ1n) is 8.64. The fraction of sp³-hybridized carbons (Fsp3) is 0.200. The quantitative estimate of drug-likeness (QED) is 0.153. The van der Waals surface area contributed by atoms with E-state index < -0.39 is 0 Å². The highest BCUT2D eigenvalue weighted by molar-refractivity contribution is 5.85. The summed E-state index contributed by atoms with van der Waals surface area (Å²) < 4.78 is 9.74. The van der Waals surface area contributed by atoms with Crippen molar-refractivity contribution in [2.75, 3.05) is 14.2 Å². The van der Waals surface area contributed by atoms with Gasteiger partial charge in [-0.05, 0) is 24.3 Å². The summed E-state index contributed by atoms with van der Waals surface area (Å²) in [5.74, 6) is 5.17. The Balaban J connectivity index is 0.000000492. The Morgan fingerprint density at radius 3 is 1.71 bits per heavy atom. The number of nitrogens with two attached hydrogens (primary N) is 1. The zero-order valence-corrected chi connectivity index (χ0v) is 17.6. The molecule has 2 amide bonds. The summed E-state index contributed by atoms with van der Waals surface area (Å²) in [5, 5.41) is 22.2. The van der Waals surface area contributed by atoms with Crippen molar-refractivity contribution in [1.82, 2.24) is 10.9 Å². The van der Waals surface area contributed by atoms with Gasteiger partial charge < -0.3 is 19.7 Å². The number of benzene rings is 2. The molecule has 0 aromatic heterocycles. The van der Waals surface area contributed by atoms with Crippen molar-refractivity contribution in [2.24, 2.45) is 10.9 Å². The molecular formula is C20H26N4O7. The number of aldehydes is 1. The van der Waals surface area contributed by atoms with Crippen LogP contribution in [0, 0.1) is 0 Å². The smallest absolute Gasteiger partial charge is 0.236 e. The van der Waals surface area contributed by atoms with Crippen LogP contribution in [-0.2, 0) is 9.59 Å². The highest BCUT2D eigenvalue weighted by Crippen LogP contribution is 2.22. The van der Waals surface area contributed by atoms with Crippen molar-refractivity contribution < 1.29 is 34.1 Å². The van der Waals surface area contributed by atoms with E-state index in [1.807, 2.05) is 5.43 Å². The van der Waals surface area contributed by atoms with Crippen LogP contribution in [0.5, 0.6) is 23.0 Å². The van der Waals surface area contributed by atoms with Gasteiger partial charge in [0.15, 0.2) is 6.29 Å². The van der Waals surface area contributed by atoms with Crippen molar-refractivity contribution in [3.05, 3.63) is 47.5 Å². The van der Waals surface area contributed by atoms with Crippen molar-refractivity contribution in [2.45, 2.75) is 13.8 Å². The summed E-state index contributed by atoms with van der Waals surface area (Å²) in [6.07, 6.45) is 1.95. The maximum atomic E-state index is 10.5. The Hall–Kier alpha value is -4.12. The number of carbonyl (C=O) groups is 3. The second-order valence-electron chi connectivity index (χ2n) is 5.59. The minimum atomic E-state index is -0.265. The third-order valence-corrected chi connectivity index (χ3v) is 3.23. The van der Waals surface area contributed by atoms with E-state index in [1.165, 1.54) is 52.5 Å². The molecule has 0 heterocycles. The van der Waals surface area contributed by atoms with Crippen LogP contribution in [0.15, 0.2) is 41.5 Å². The molecular weight excluding hydrogens is 408 g/mol. The highest BCUT2D eigenvalue weighted by Gasteiger charge is 2.00. The zero-order valence-electron chi connectivity index (χ0n) is 17.6. The van der Waals surface area contributed by atoms with Crippen LogP contribution in [0.3, 0.4) is 0 Å². The summed E-state index contributed by atoms with van der Waals surface area (Å²) in [4.78, 5) is 30.3. The predicted octanol–water partition coefficient (Wildman–Crippen LogP) is 1.08. The highest BCUT2D eigenvalue weighted by atomic mass is 16.5. The van der Waals surface area contributed by atoms with Crippen LogP contribution in [0.1, 0.15) is 29.8 Å². The first-order valence-corrected chi connectivity index (χ1v) is 8.64. The first-order chi connectivity index (χ1) is 14.7. The van der Waals surface area contributed by atoms with E-state index in [0.29, 0.717) is 23.3 Å². The van der Waals surface area contributed by atoms with Crippen molar-refractivity contribution in [3.8, 4) is 23.0 Å². The lowest BCUT2D eigenvalue weighted by atomic mass is 10.2. The minimum absolute atomic E-state index is 0.0449. The molecule has 0 aliphatic heterocycles. The van der Waals surface area contributed by atoms with E-state index in [0.717, 1.165) is 0 Å². The number of hydrogen-bond acceptors (Lipinski definition) is 9. The van der Waals surface area contributed by atoms with E-state index in [4.69, 9.17) is 14.6 Å². The zero-order chi connectivity index (χ0) is 23.8. The first kappa shape index (κ1) is 26.9. The number of carbonyl (C=O) groups excluding carboxylic acids is 3. The number of hydrazine groups is 1. The fourth-order valence-electron chi connectivity index (χ4n) is 1.70. The van der Waals surface area contributed by atoms with E-state index in [9.17, 15) is 19.5 Å². The van der Waals surface area contributed by atoms with Crippen molar-refractivity contribution in [1.29, 1.82) is 0 Å². The van der Waals surface area contributed by atoms with Crippen LogP contribution in [0.25, 0.3) is 0 Å². The third kappa shape index (κ3) is 11.5. The number of methoxy groups -OCH3 is 2.